The Morgan fingerprint density at radius 2 is 1.70 bits per heavy atom. The summed E-state index contributed by atoms with van der Waals surface area (Å²) < 4.78 is 41.5. The molecule has 27 heavy (non-hydrogen) atoms. The molecule has 3 rings (SSSR count). The Bertz CT molecular complexity index is 955. The number of hydrogen-bond donors (Lipinski definition) is 1. The van der Waals surface area contributed by atoms with Gasteiger partial charge >= 0.3 is 10.1 Å². The van der Waals surface area contributed by atoms with E-state index in [1.165, 1.54) is 18.2 Å². The Kier molecular flexibility index (Phi) is 5.55. The van der Waals surface area contributed by atoms with Gasteiger partial charge in [-0.3, -0.25) is 4.79 Å². The summed E-state index contributed by atoms with van der Waals surface area (Å²) in [6.07, 6.45) is 0.899. The van der Waals surface area contributed by atoms with Gasteiger partial charge in [0.05, 0.1) is 13.2 Å². The van der Waals surface area contributed by atoms with Crippen LogP contribution in [0.15, 0.2) is 41.3 Å². The van der Waals surface area contributed by atoms with E-state index < -0.39 is 10.1 Å². The van der Waals surface area contributed by atoms with E-state index in [2.05, 4.69) is 5.32 Å². The number of ether oxygens (including phenoxy) is 2. The number of rotatable bonds is 7. The fourth-order valence-corrected chi connectivity index (χ4v) is 3.71. The van der Waals surface area contributed by atoms with Gasteiger partial charge < -0.3 is 19.0 Å². The zero-order chi connectivity index (χ0) is 19.4. The van der Waals surface area contributed by atoms with Crippen LogP contribution in [0.5, 0.6) is 17.2 Å². The second kappa shape index (κ2) is 7.87. The van der Waals surface area contributed by atoms with E-state index >= 15 is 0 Å². The molecule has 1 N–H and O–H groups in total. The zero-order valence-corrected chi connectivity index (χ0v) is 16.0. The van der Waals surface area contributed by atoms with Gasteiger partial charge in [-0.25, -0.2) is 0 Å². The van der Waals surface area contributed by atoms with Crippen LogP contribution in [0, 0.1) is 0 Å². The van der Waals surface area contributed by atoms with Crippen LogP contribution in [0.2, 0.25) is 0 Å². The summed E-state index contributed by atoms with van der Waals surface area (Å²) in [6, 6.07) is 9.14. The van der Waals surface area contributed by atoms with Crippen LogP contribution in [-0.2, 0) is 21.3 Å². The molecule has 8 heteroatoms. The van der Waals surface area contributed by atoms with E-state index in [4.69, 9.17) is 13.7 Å². The van der Waals surface area contributed by atoms with Crippen LogP contribution in [0.3, 0.4) is 0 Å². The number of anilines is 1. The van der Waals surface area contributed by atoms with E-state index in [0.717, 1.165) is 5.56 Å². The normalized spacial score (nSPS) is 13.5. The van der Waals surface area contributed by atoms with Gasteiger partial charge in [0, 0.05) is 18.2 Å². The molecule has 0 atom stereocenters. The minimum absolute atomic E-state index is 0.0274. The molecule has 7 nitrogen and oxygen atoms in total. The number of benzene rings is 2. The van der Waals surface area contributed by atoms with Crippen molar-refractivity contribution in [1.82, 2.24) is 0 Å². The molecule has 2 aromatic carbocycles. The first-order valence-electron chi connectivity index (χ1n) is 8.70. The van der Waals surface area contributed by atoms with Crippen LogP contribution in [-0.4, -0.2) is 27.5 Å². The van der Waals surface area contributed by atoms with Gasteiger partial charge in [0.25, 0.3) is 0 Å². The van der Waals surface area contributed by atoms with Crippen LogP contribution < -0.4 is 19.0 Å². The molecule has 0 radical (unpaired) electrons. The first-order chi connectivity index (χ1) is 12.9. The van der Waals surface area contributed by atoms with Crippen molar-refractivity contribution in [2.45, 2.75) is 31.6 Å². The number of nitrogens with one attached hydrogen (secondary N) is 1. The van der Waals surface area contributed by atoms with Gasteiger partial charge in [-0.1, -0.05) is 0 Å². The Balaban J connectivity index is 1.86. The van der Waals surface area contributed by atoms with Gasteiger partial charge in [-0.15, -0.1) is 0 Å². The smallest absolute Gasteiger partial charge is 0.339 e. The molecule has 0 saturated heterocycles. The maximum atomic E-state index is 12.7. The molecule has 0 saturated carbocycles. The van der Waals surface area contributed by atoms with Crippen molar-refractivity contribution in [3.8, 4) is 17.2 Å². The van der Waals surface area contributed by atoms with Gasteiger partial charge in [0.15, 0.2) is 11.5 Å². The third kappa shape index (κ3) is 4.33. The van der Waals surface area contributed by atoms with Gasteiger partial charge in [0.1, 0.15) is 10.6 Å². The number of hydrogen-bond acceptors (Lipinski definition) is 6. The predicted octanol–water partition coefficient (Wildman–Crippen LogP) is 3.14. The third-order valence-electron chi connectivity index (χ3n) is 3.98. The zero-order valence-electron chi connectivity index (χ0n) is 15.2. The molecule has 0 aromatic heterocycles. The Morgan fingerprint density at radius 1 is 0.963 bits per heavy atom. The standard InChI is InChI=1S/C19H21NO6S/c1-3-24-17-9-7-15(12-18(17)25-4-2)27(22,23)26-14-6-8-16-13(11-14)5-10-19(21)20-16/h6-9,11-12H,3-5,10H2,1-2H3,(H,20,21). The van der Waals surface area contributed by atoms with E-state index in [1.807, 2.05) is 6.92 Å². The minimum atomic E-state index is -4.05. The van der Waals surface area contributed by atoms with Crippen molar-refractivity contribution in [3.05, 3.63) is 42.0 Å². The summed E-state index contributed by atoms with van der Waals surface area (Å²) >= 11 is 0. The Hall–Kier alpha value is -2.74. The third-order valence-corrected chi connectivity index (χ3v) is 5.22. The summed E-state index contributed by atoms with van der Waals surface area (Å²) in [5.41, 5.74) is 1.51. The van der Waals surface area contributed by atoms with Crippen molar-refractivity contribution in [2.75, 3.05) is 18.5 Å². The number of amides is 1. The lowest BCUT2D eigenvalue weighted by Crippen LogP contribution is -2.19. The van der Waals surface area contributed by atoms with Gasteiger partial charge in [-0.2, -0.15) is 8.42 Å². The molecule has 0 aliphatic carbocycles. The highest BCUT2D eigenvalue weighted by molar-refractivity contribution is 7.87. The fraction of sp³-hybridized carbons (Fsp3) is 0.316. The number of aryl methyl sites for hydroxylation is 1. The maximum absolute atomic E-state index is 12.7. The van der Waals surface area contributed by atoms with Crippen molar-refractivity contribution in [3.63, 3.8) is 0 Å². The summed E-state index contributed by atoms with van der Waals surface area (Å²) in [4.78, 5) is 11.4. The lowest BCUT2D eigenvalue weighted by atomic mass is 10.0. The number of carbonyl (C=O) groups excluding carboxylic acids is 1. The molecule has 0 spiro atoms. The fourth-order valence-electron chi connectivity index (χ4n) is 2.77. The van der Waals surface area contributed by atoms with Crippen LogP contribution in [0.25, 0.3) is 0 Å². The van der Waals surface area contributed by atoms with Crippen molar-refractivity contribution in [1.29, 1.82) is 0 Å². The van der Waals surface area contributed by atoms with Crippen LogP contribution in [0.1, 0.15) is 25.8 Å². The topological polar surface area (TPSA) is 90.9 Å². The van der Waals surface area contributed by atoms with Gasteiger partial charge in [-0.05, 0) is 56.2 Å². The molecule has 144 valence electrons. The maximum Gasteiger partial charge on any atom is 0.339 e. The average molecular weight is 391 g/mol. The summed E-state index contributed by atoms with van der Waals surface area (Å²) in [5.74, 6) is 0.957. The highest BCUT2D eigenvalue weighted by atomic mass is 32.2. The van der Waals surface area contributed by atoms with Crippen molar-refractivity contribution < 1.29 is 26.9 Å². The minimum Gasteiger partial charge on any atom is -0.490 e. The highest BCUT2D eigenvalue weighted by Crippen LogP contribution is 2.32. The molecular weight excluding hydrogens is 370 g/mol. The Labute approximate surface area is 158 Å². The molecule has 0 bridgehead atoms. The molecule has 1 amide bonds. The van der Waals surface area contributed by atoms with E-state index in [9.17, 15) is 13.2 Å². The second-order valence-electron chi connectivity index (χ2n) is 5.88. The second-order valence-corrected chi connectivity index (χ2v) is 7.43. The van der Waals surface area contributed by atoms with Gasteiger partial charge in [0.2, 0.25) is 5.91 Å². The highest BCUT2D eigenvalue weighted by Gasteiger charge is 2.21. The quantitative estimate of drug-likeness (QED) is 0.729. The Morgan fingerprint density at radius 3 is 2.44 bits per heavy atom. The monoisotopic (exact) mass is 391 g/mol. The summed E-state index contributed by atoms with van der Waals surface area (Å²) in [7, 11) is -4.05. The summed E-state index contributed by atoms with van der Waals surface area (Å²) in [6.45, 7) is 4.45. The molecule has 0 fully saturated rings. The number of fused-ring (bicyclic) bond motifs is 1. The van der Waals surface area contributed by atoms with E-state index in [1.54, 1.807) is 25.1 Å². The molecule has 1 heterocycles. The average Bonchev–Trinajstić information content (AvgIpc) is 2.63. The molecule has 1 aliphatic rings. The predicted molar refractivity (Wildman–Crippen MR) is 100.0 cm³/mol. The summed E-state index contributed by atoms with van der Waals surface area (Å²) in [5, 5.41) is 2.75. The SMILES string of the molecule is CCOc1ccc(S(=O)(=O)Oc2ccc3c(c2)CCC(=O)N3)cc1OCC. The first-order valence-corrected chi connectivity index (χ1v) is 10.1. The van der Waals surface area contributed by atoms with Crippen molar-refractivity contribution in [2.24, 2.45) is 0 Å². The molecule has 1 aliphatic heterocycles. The first kappa shape index (κ1) is 19.0. The molecular formula is C19H21NO6S. The van der Waals surface area contributed by atoms with Crippen LogP contribution in [0.4, 0.5) is 5.69 Å². The van der Waals surface area contributed by atoms with Crippen molar-refractivity contribution >= 4 is 21.7 Å². The lowest BCUT2D eigenvalue weighted by Gasteiger charge is -2.17. The van der Waals surface area contributed by atoms with Crippen LogP contribution >= 0.6 is 0 Å². The lowest BCUT2D eigenvalue weighted by molar-refractivity contribution is -0.116. The molecule has 2 aromatic rings. The number of carbonyl (C=O) groups is 1. The largest absolute Gasteiger partial charge is 0.490 e. The van der Waals surface area contributed by atoms with E-state index in [0.29, 0.717) is 43.2 Å². The molecule has 0 unspecified atom stereocenters. The van der Waals surface area contributed by atoms with E-state index in [-0.39, 0.29) is 16.6 Å².